The molecule has 1 aliphatic rings. The van der Waals surface area contributed by atoms with E-state index < -0.39 is 0 Å². The molecule has 4 heteroatoms. The molecule has 1 amide bonds. The first-order chi connectivity index (χ1) is 9.24. The molecule has 0 aromatic heterocycles. The van der Waals surface area contributed by atoms with Crippen molar-refractivity contribution in [1.29, 1.82) is 0 Å². The maximum Gasteiger partial charge on any atom is 0.224 e. The summed E-state index contributed by atoms with van der Waals surface area (Å²) in [4.78, 5) is 12.1. The molecule has 0 spiro atoms. The van der Waals surface area contributed by atoms with E-state index in [0.717, 1.165) is 30.4 Å². The molecule has 2 atom stereocenters. The second-order valence-electron chi connectivity index (χ2n) is 5.03. The van der Waals surface area contributed by atoms with Crippen molar-refractivity contribution in [1.82, 2.24) is 5.32 Å². The lowest BCUT2D eigenvalue weighted by Gasteiger charge is -2.20. The van der Waals surface area contributed by atoms with E-state index in [1.807, 2.05) is 24.3 Å². The summed E-state index contributed by atoms with van der Waals surface area (Å²) in [5.74, 6) is 0.0508. The van der Waals surface area contributed by atoms with Crippen molar-refractivity contribution in [2.45, 2.75) is 44.4 Å². The third-order valence-corrected chi connectivity index (χ3v) is 3.79. The van der Waals surface area contributed by atoms with Crippen LogP contribution in [0.1, 0.15) is 30.4 Å². The number of nitrogens with one attached hydrogen (secondary N) is 1. The fourth-order valence-corrected chi connectivity index (χ4v) is 2.73. The highest BCUT2D eigenvalue weighted by Gasteiger charge is 2.28. The van der Waals surface area contributed by atoms with E-state index >= 15 is 0 Å². The number of hydrogen-bond donors (Lipinski definition) is 2. The molecule has 1 aromatic rings. The van der Waals surface area contributed by atoms with Crippen molar-refractivity contribution in [3.63, 3.8) is 0 Å². The van der Waals surface area contributed by atoms with Gasteiger partial charge in [-0.05, 0) is 30.4 Å². The molecule has 1 fully saturated rings. The van der Waals surface area contributed by atoms with Gasteiger partial charge >= 0.3 is 0 Å². The van der Waals surface area contributed by atoms with Crippen molar-refractivity contribution in [3.05, 3.63) is 35.4 Å². The second-order valence-corrected chi connectivity index (χ2v) is 5.03. The average molecular weight is 262 g/mol. The Hall–Kier alpha value is -1.39. The largest absolute Gasteiger partial charge is 0.379 e. The van der Waals surface area contributed by atoms with Gasteiger partial charge in [0.2, 0.25) is 5.91 Å². The number of methoxy groups -OCH3 is 1. The predicted molar refractivity (Wildman–Crippen MR) is 74.6 cm³/mol. The summed E-state index contributed by atoms with van der Waals surface area (Å²) in [6.07, 6.45) is 3.70. The Kier molecular flexibility index (Phi) is 4.93. The fourth-order valence-electron chi connectivity index (χ4n) is 2.73. The smallest absolute Gasteiger partial charge is 0.224 e. The van der Waals surface area contributed by atoms with Crippen LogP contribution in [0.4, 0.5) is 0 Å². The summed E-state index contributed by atoms with van der Waals surface area (Å²) in [5.41, 5.74) is 7.73. The molecule has 2 unspecified atom stereocenters. The van der Waals surface area contributed by atoms with E-state index in [9.17, 15) is 4.79 Å². The highest BCUT2D eigenvalue weighted by Crippen LogP contribution is 2.21. The average Bonchev–Trinajstić information content (AvgIpc) is 2.86. The number of carbonyl (C=O) groups excluding carboxylic acids is 1. The lowest BCUT2D eigenvalue weighted by atomic mass is 10.0. The molecule has 0 heterocycles. The van der Waals surface area contributed by atoms with Gasteiger partial charge in [-0.25, -0.2) is 0 Å². The van der Waals surface area contributed by atoms with Gasteiger partial charge in [0.1, 0.15) is 0 Å². The molecule has 0 aliphatic heterocycles. The van der Waals surface area contributed by atoms with E-state index in [-0.39, 0.29) is 18.1 Å². The molecule has 19 heavy (non-hydrogen) atoms. The van der Waals surface area contributed by atoms with Crippen molar-refractivity contribution in [2.24, 2.45) is 5.73 Å². The molecule has 0 radical (unpaired) electrons. The van der Waals surface area contributed by atoms with E-state index in [1.165, 1.54) is 0 Å². The van der Waals surface area contributed by atoms with E-state index in [4.69, 9.17) is 10.5 Å². The number of carbonyl (C=O) groups is 1. The Bertz CT molecular complexity index is 434. The molecule has 2 rings (SSSR count). The first kappa shape index (κ1) is 14.0. The second kappa shape index (κ2) is 6.68. The van der Waals surface area contributed by atoms with Gasteiger partial charge in [0.25, 0.3) is 0 Å². The highest BCUT2D eigenvalue weighted by molar-refractivity contribution is 5.79. The Morgan fingerprint density at radius 2 is 2.11 bits per heavy atom. The molecule has 1 aromatic carbocycles. The number of ether oxygens (including phenoxy) is 1. The SMILES string of the molecule is COC1CCCC1NC(=O)Cc1ccccc1CN. The Morgan fingerprint density at radius 1 is 1.37 bits per heavy atom. The van der Waals surface area contributed by atoms with Gasteiger partial charge in [-0.3, -0.25) is 4.79 Å². The minimum absolute atomic E-state index is 0.0508. The van der Waals surface area contributed by atoms with Gasteiger partial charge in [-0.15, -0.1) is 0 Å². The van der Waals surface area contributed by atoms with Gasteiger partial charge in [0, 0.05) is 13.7 Å². The standard InChI is InChI=1S/C15H22N2O2/c1-19-14-8-4-7-13(14)17-15(18)9-11-5-2-3-6-12(11)10-16/h2-3,5-6,13-14H,4,7-10,16H2,1H3,(H,17,18). The molecular weight excluding hydrogens is 240 g/mol. The monoisotopic (exact) mass is 262 g/mol. The summed E-state index contributed by atoms with van der Waals surface area (Å²) in [5, 5.41) is 3.07. The zero-order valence-corrected chi connectivity index (χ0v) is 11.4. The number of nitrogens with two attached hydrogens (primary N) is 1. The number of benzene rings is 1. The molecule has 104 valence electrons. The van der Waals surface area contributed by atoms with E-state index in [2.05, 4.69) is 5.32 Å². The summed E-state index contributed by atoms with van der Waals surface area (Å²) in [6.45, 7) is 0.466. The van der Waals surface area contributed by atoms with Gasteiger partial charge in [-0.2, -0.15) is 0 Å². The molecule has 1 aliphatic carbocycles. The molecule has 4 nitrogen and oxygen atoms in total. The topological polar surface area (TPSA) is 64.3 Å². The summed E-state index contributed by atoms with van der Waals surface area (Å²) in [7, 11) is 1.71. The first-order valence-electron chi connectivity index (χ1n) is 6.83. The van der Waals surface area contributed by atoms with Crippen LogP contribution in [0.5, 0.6) is 0 Å². The minimum Gasteiger partial charge on any atom is -0.379 e. The van der Waals surface area contributed by atoms with Gasteiger partial charge in [0.15, 0.2) is 0 Å². The number of rotatable bonds is 5. The van der Waals surface area contributed by atoms with Crippen LogP contribution < -0.4 is 11.1 Å². The minimum atomic E-state index is 0.0508. The summed E-state index contributed by atoms with van der Waals surface area (Å²) in [6, 6.07) is 7.97. The van der Waals surface area contributed by atoms with Crippen LogP contribution in [0.3, 0.4) is 0 Å². The summed E-state index contributed by atoms with van der Waals surface area (Å²) >= 11 is 0. The summed E-state index contributed by atoms with van der Waals surface area (Å²) < 4.78 is 5.39. The Labute approximate surface area is 114 Å². The zero-order chi connectivity index (χ0) is 13.7. The third kappa shape index (κ3) is 3.55. The quantitative estimate of drug-likeness (QED) is 0.842. The maximum atomic E-state index is 12.1. The fraction of sp³-hybridized carbons (Fsp3) is 0.533. The third-order valence-electron chi connectivity index (χ3n) is 3.79. The lowest BCUT2D eigenvalue weighted by molar-refractivity contribution is -0.121. The Balaban J connectivity index is 1.94. The van der Waals surface area contributed by atoms with Crippen molar-refractivity contribution >= 4 is 5.91 Å². The van der Waals surface area contributed by atoms with Crippen molar-refractivity contribution in [3.8, 4) is 0 Å². The molecule has 3 N–H and O–H groups in total. The highest BCUT2D eigenvalue weighted by atomic mass is 16.5. The van der Waals surface area contributed by atoms with Crippen LogP contribution in [0.25, 0.3) is 0 Å². The van der Waals surface area contributed by atoms with Crippen LogP contribution in [0.15, 0.2) is 24.3 Å². The zero-order valence-electron chi connectivity index (χ0n) is 11.4. The van der Waals surface area contributed by atoms with Gasteiger partial charge in [-0.1, -0.05) is 24.3 Å². The van der Waals surface area contributed by atoms with Crippen LogP contribution in [-0.4, -0.2) is 25.2 Å². The van der Waals surface area contributed by atoms with Crippen LogP contribution in [0, 0.1) is 0 Å². The van der Waals surface area contributed by atoms with Crippen LogP contribution in [0.2, 0.25) is 0 Å². The lowest BCUT2D eigenvalue weighted by Crippen LogP contribution is -2.41. The van der Waals surface area contributed by atoms with Crippen LogP contribution >= 0.6 is 0 Å². The van der Waals surface area contributed by atoms with Crippen molar-refractivity contribution in [2.75, 3.05) is 7.11 Å². The van der Waals surface area contributed by atoms with Crippen LogP contribution in [-0.2, 0) is 22.5 Å². The first-order valence-corrected chi connectivity index (χ1v) is 6.83. The normalized spacial score (nSPS) is 22.4. The predicted octanol–water partition coefficient (Wildman–Crippen LogP) is 1.37. The molecule has 0 bridgehead atoms. The maximum absolute atomic E-state index is 12.1. The molecule has 1 saturated carbocycles. The van der Waals surface area contributed by atoms with Gasteiger partial charge in [0.05, 0.1) is 18.6 Å². The van der Waals surface area contributed by atoms with E-state index in [0.29, 0.717) is 13.0 Å². The number of amides is 1. The molecular formula is C15H22N2O2. The number of hydrogen-bond acceptors (Lipinski definition) is 3. The Morgan fingerprint density at radius 3 is 2.79 bits per heavy atom. The molecule has 0 saturated heterocycles. The van der Waals surface area contributed by atoms with Gasteiger partial charge < -0.3 is 15.8 Å². The van der Waals surface area contributed by atoms with Crippen molar-refractivity contribution < 1.29 is 9.53 Å². The van der Waals surface area contributed by atoms with E-state index in [1.54, 1.807) is 7.11 Å².